The lowest BCUT2D eigenvalue weighted by Crippen LogP contribution is -2.14. The topological polar surface area (TPSA) is 83.0 Å². The predicted molar refractivity (Wildman–Crippen MR) is 45.2 cm³/mol. The van der Waals surface area contributed by atoms with Crippen molar-refractivity contribution in [2.75, 3.05) is 13.7 Å². The van der Waals surface area contributed by atoms with E-state index in [9.17, 15) is 4.79 Å². The number of rotatable bonds is 4. The first-order chi connectivity index (χ1) is 6.16. The highest BCUT2D eigenvalue weighted by atomic mass is 16.5. The van der Waals surface area contributed by atoms with E-state index >= 15 is 0 Å². The van der Waals surface area contributed by atoms with Gasteiger partial charge in [-0.1, -0.05) is 5.21 Å². The molecule has 1 aromatic heterocycles. The number of ether oxygens (including phenoxy) is 1. The van der Waals surface area contributed by atoms with Gasteiger partial charge >= 0.3 is 0 Å². The predicted octanol–water partition coefficient (Wildman–Crippen LogP) is -0.668. The van der Waals surface area contributed by atoms with Crippen LogP contribution in [-0.2, 0) is 11.3 Å². The summed E-state index contributed by atoms with van der Waals surface area (Å²) in [5, 5.41) is 7.41. The van der Waals surface area contributed by atoms with Crippen LogP contribution in [0.5, 0.6) is 0 Å². The molecule has 0 atom stereocenters. The molecule has 0 spiro atoms. The molecule has 2 N–H and O–H groups in total. The molecule has 0 aromatic carbocycles. The average Bonchev–Trinajstić information content (AvgIpc) is 2.43. The number of carbonyl (C=O) groups is 1. The van der Waals surface area contributed by atoms with Crippen LogP contribution in [0.3, 0.4) is 0 Å². The molecule has 13 heavy (non-hydrogen) atoms. The first-order valence-electron chi connectivity index (χ1n) is 3.85. The number of nitrogens with zero attached hydrogens (tertiary/aromatic N) is 3. The molecule has 0 aliphatic heterocycles. The van der Waals surface area contributed by atoms with Crippen LogP contribution >= 0.6 is 0 Å². The molecule has 0 radical (unpaired) electrons. The molecular formula is C7H12N4O2. The van der Waals surface area contributed by atoms with Gasteiger partial charge in [0.05, 0.1) is 18.8 Å². The minimum atomic E-state index is -0.554. The monoisotopic (exact) mass is 184 g/mol. The molecule has 0 unspecified atom stereocenters. The van der Waals surface area contributed by atoms with Gasteiger partial charge in [0.1, 0.15) is 0 Å². The summed E-state index contributed by atoms with van der Waals surface area (Å²) in [5.74, 6) is -0.554. The molecule has 0 bridgehead atoms. The number of aromatic nitrogens is 3. The number of methoxy groups -OCH3 is 1. The second-order valence-corrected chi connectivity index (χ2v) is 2.60. The fourth-order valence-electron chi connectivity index (χ4n) is 0.978. The van der Waals surface area contributed by atoms with Gasteiger partial charge in [-0.3, -0.25) is 4.79 Å². The van der Waals surface area contributed by atoms with E-state index in [1.165, 1.54) is 0 Å². The van der Waals surface area contributed by atoms with E-state index in [0.29, 0.717) is 18.8 Å². The number of carbonyl (C=O) groups excluding carboxylic acids is 1. The van der Waals surface area contributed by atoms with Gasteiger partial charge in [-0.25, -0.2) is 4.68 Å². The van der Waals surface area contributed by atoms with Gasteiger partial charge in [0.25, 0.3) is 5.91 Å². The van der Waals surface area contributed by atoms with E-state index in [1.54, 1.807) is 18.7 Å². The van der Waals surface area contributed by atoms with Gasteiger partial charge in [-0.05, 0) is 6.92 Å². The van der Waals surface area contributed by atoms with Crippen molar-refractivity contribution in [1.29, 1.82) is 0 Å². The molecule has 1 rings (SSSR count). The van der Waals surface area contributed by atoms with Gasteiger partial charge in [0, 0.05) is 7.11 Å². The SMILES string of the molecule is COCCn1nnc(C(N)=O)c1C. The summed E-state index contributed by atoms with van der Waals surface area (Å²) in [6, 6.07) is 0. The van der Waals surface area contributed by atoms with Crippen LogP contribution in [0.15, 0.2) is 0 Å². The maximum absolute atomic E-state index is 10.8. The van der Waals surface area contributed by atoms with Crippen molar-refractivity contribution in [2.24, 2.45) is 5.73 Å². The van der Waals surface area contributed by atoms with Crippen molar-refractivity contribution in [3.8, 4) is 0 Å². The van der Waals surface area contributed by atoms with Crippen molar-refractivity contribution < 1.29 is 9.53 Å². The Morgan fingerprint density at radius 3 is 2.85 bits per heavy atom. The average molecular weight is 184 g/mol. The van der Waals surface area contributed by atoms with E-state index in [2.05, 4.69) is 10.3 Å². The van der Waals surface area contributed by atoms with Crippen LogP contribution in [0, 0.1) is 6.92 Å². The molecule has 0 saturated heterocycles. The smallest absolute Gasteiger partial charge is 0.271 e. The van der Waals surface area contributed by atoms with E-state index in [0.717, 1.165) is 0 Å². The van der Waals surface area contributed by atoms with E-state index in [1.807, 2.05) is 0 Å². The van der Waals surface area contributed by atoms with Crippen LogP contribution in [0.1, 0.15) is 16.2 Å². The Hall–Kier alpha value is -1.43. The number of amides is 1. The van der Waals surface area contributed by atoms with E-state index in [4.69, 9.17) is 10.5 Å². The zero-order chi connectivity index (χ0) is 9.84. The maximum atomic E-state index is 10.8. The third kappa shape index (κ3) is 2.03. The maximum Gasteiger partial charge on any atom is 0.271 e. The van der Waals surface area contributed by atoms with Crippen molar-refractivity contribution in [1.82, 2.24) is 15.0 Å². The molecule has 1 heterocycles. The molecule has 6 nitrogen and oxygen atoms in total. The summed E-state index contributed by atoms with van der Waals surface area (Å²) < 4.78 is 6.45. The fourth-order valence-corrected chi connectivity index (χ4v) is 0.978. The van der Waals surface area contributed by atoms with Crippen LogP contribution in [-0.4, -0.2) is 34.6 Å². The second-order valence-electron chi connectivity index (χ2n) is 2.60. The third-order valence-corrected chi connectivity index (χ3v) is 1.72. The van der Waals surface area contributed by atoms with Crippen LogP contribution < -0.4 is 5.73 Å². The van der Waals surface area contributed by atoms with Crippen molar-refractivity contribution in [2.45, 2.75) is 13.5 Å². The summed E-state index contributed by atoms with van der Waals surface area (Å²) in [4.78, 5) is 10.8. The highest BCUT2D eigenvalue weighted by molar-refractivity contribution is 5.91. The summed E-state index contributed by atoms with van der Waals surface area (Å²) in [5.41, 5.74) is 5.96. The van der Waals surface area contributed by atoms with E-state index in [-0.39, 0.29) is 5.69 Å². The first-order valence-corrected chi connectivity index (χ1v) is 3.85. The quantitative estimate of drug-likeness (QED) is 0.672. The summed E-state index contributed by atoms with van der Waals surface area (Å²) in [6.07, 6.45) is 0. The van der Waals surface area contributed by atoms with Gasteiger partial charge in [-0.2, -0.15) is 0 Å². The van der Waals surface area contributed by atoms with E-state index < -0.39 is 5.91 Å². The molecule has 0 aliphatic rings. The Labute approximate surface area is 75.7 Å². The zero-order valence-electron chi connectivity index (χ0n) is 7.65. The van der Waals surface area contributed by atoms with Crippen molar-refractivity contribution >= 4 is 5.91 Å². The molecule has 1 aromatic rings. The van der Waals surface area contributed by atoms with Gasteiger partial charge in [-0.15, -0.1) is 5.10 Å². The Morgan fingerprint density at radius 1 is 1.69 bits per heavy atom. The van der Waals surface area contributed by atoms with Gasteiger partial charge in [0.15, 0.2) is 5.69 Å². The van der Waals surface area contributed by atoms with Crippen LogP contribution in [0.2, 0.25) is 0 Å². The lowest BCUT2D eigenvalue weighted by atomic mass is 10.3. The molecule has 6 heteroatoms. The summed E-state index contributed by atoms with van der Waals surface area (Å²) >= 11 is 0. The highest BCUT2D eigenvalue weighted by Gasteiger charge is 2.12. The first kappa shape index (κ1) is 9.66. The van der Waals surface area contributed by atoms with Gasteiger partial charge in [0.2, 0.25) is 0 Å². The lowest BCUT2D eigenvalue weighted by Gasteiger charge is -2.00. The number of nitrogens with two attached hydrogens (primary N) is 1. The molecular weight excluding hydrogens is 172 g/mol. The highest BCUT2D eigenvalue weighted by Crippen LogP contribution is 2.01. The molecule has 0 saturated carbocycles. The molecule has 0 fully saturated rings. The third-order valence-electron chi connectivity index (χ3n) is 1.72. The van der Waals surface area contributed by atoms with Crippen LogP contribution in [0.25, 0.3) is 0 Å². The molecule has 0 aliphatic carbocycles. The van der Waals surface area contributed by atoms with Gasteiger partial charge < -0.3 is 10.5 Å². The van der Waals surface area contributed by atoms with Crippen molar-refractivity contribution in [3.05, 3.63) is 11.4 Å². The minimum absolute atomic E-state index is 0.219. The molecule has 1 amide bonds. The van der Waals surface area contributed by atoms with Crippen LogP contribution in [0.4, 0.5) is 0 Å². The minimum Gasteiger partial charge on any atom is -0.383 e. The number of hydrogen-bond donors (Lipinski definition) is 1. The lowest BCUT2D eigenvalue weighted by molar-refractivity contribution is 0.0995. The number of primary amides is 1. The number of hydrogen-bond acceptors (Lipinski definition) is 4. The fraction of sp³-hybridized carbons (Fsp3) is 0.571. The summed E-state index contributed by atoms with van der Waals surface area (Å²) in [7, 11) is 1.60. The Balaban J connectivity index is 2.80. The Kier molecular flexibility index (Phi) is 2.97. The summed E-state index contributed by atoms with van der Waals surface area (Å²) in [6.45, 7) is 2.85. The van der Waals surface area contributed by atoms with Crippen molar-refractivity contribution in [3.63, 3.8) is 0 Å². The second kappa shape index (κ2) is 3.99. The Morgan fingerprint density at radius 2 is 2.38 bits per heavy atom. The molecule has 72 valence electrons. The largest absolute Gasteiger partial charge is 0.383 e. The Bertz CT molecular complexity index is 307. The standard InChI is InChI=1S/C7H12N4O2/c1-5-6(7(8)12)9-10-11(5)3-4-13-2/h3-4H2,1-2H3,(H2,8,12). The zero-order valence-corrected chi connectivity index (χ0v) is 7.65. The normalized spacial score (nSPS) is 10.3.